The number of aromatic nitrogens is 12. The van der Waals surface area contributed by atoms with Crippen LogP contribution in [0.2, 0.25) is 0 Å². The maximum atomic E-state index is 12.2. The number of nitrogens with zero attached hydrogens (tertiary/aromatic N) is 9. The van der Waals surface area contributed by atoms with Gasteiger partial charge in [0.2, 0.25) is 5.91 Å². The Bertz CT molecular complexity index is 4630. The molecule has 0 saturated carbocycles. The fourth-order valence-electron chi connectivity index (χ4n) is 9.48. The minimum Gasteiger partial charge on any atom is -0.460 e. The summed E-state index contributed by atoms with van der Waals surface area (Å²) in [5, 5.41) is 9.53. The number of nitrogens with one attached hydrogen (secondary N) is 6. The molecule has 0 bridgehead atoms. The number of fused-ring (bicyclic) bond motifs is 6. The van der Waals surface area contributed by atoms with Gasteiger partial charge in [0.1, 0.15) is 20.4 Å². The van der Waals surface area contributed by atoms with Gasteiger partial charge in [0, 0.05) is 62.6 Å². The second kappa shape index (κ2) is 33.4. The topological polar surface area (TPSA) is 280 Å². The number of rotatable bonds is 14. The Hall–Kier alpha value is -8.66. The summed E-state index contributed by atoms with van der Waals surface area (Å²) in [6.45, 7) is 27.4. The van der Waals surface area contributed by atoms with Gasteiger partial charge in [-0.25, -0.2) is 39.1 Å². The van der Waals surface area contributed by atoms with Crippen LogP contribution in [0.5, 0.6) is 0 Å². The first-order chi connectivity index (χ1) is 44.6. The largest absolute Gasteiger partial charge is 0.460 e. The smallest absolute Gasteiger partial charge is 0.407 e. The van der Waals surface area contributed by atoms with Crippen molar-refractivity contribution in [3.63, 3.8) is 0 Å². The SMILES string of the molecule is C=C(C)c1cnc2c(Br)nc(Br)cn12.C=C(C)c1cnc2c(NCCn3c(=O)[nH]c4ccccc43)nc(Br)cn12.CC(C)(C)OC(=O)CCCBr.CC(C)(C)OC(=O)NCCn1c(=O)[nH]c2ccccc21.CCCn1c(=O)[nH]c2ccccc21.O=C1Cc2ccccc2N1. The molecule has 2 amide bonds. The van der Waals surface area contributed by atoms with Crippen LogP contribution < -0.4 is 33.0 Å². The van der Waals surface area contributed by atoms with E-state index >= 15 is 0 Å². The average Bonchev–Trinajstić information content (AvgIpc) is 1.72. The average molecular weight is 1540 g/mol. The molecule has 23 nitrogen and oxygen atoms in total. The number of halogens is 4. The normalized spacial score (nSPS) is 11.6. The van der Waals surface area contributed by atoms with E-state index in [9.17, 15) is 28.8 Å². The van der Waals surface area contributed by atoms with Gasteiger partial charge in [0.05, 0.1) is 63.3 Å². The summed E-state index contributed by atoms with van der Waals surface area (Å²) in [7, 11) is 0. The van der Waals surface area contributed by atoms with E-state index in [1.54, 1.807) is 46.9 Å². The summed E-state index contributed by atoms with van der Waals surface area (Å²) in [4.78, 5) is 94.5. The molecule has 7 aromatic heterocycles. The number of hydrogen-bond donors (Lipinski definition) is 6. The highest BCUT2D eigenvalue weighted by molar-refractivity contribution is 9.11. The third kappa shape index (κ3) is 20.4. The van der Waals surface area contributed by atoms with Crippen molar-refractivity contribution in [2.45, 2.75) is 119 Å². The predicted molar refractivity (Wildman–Crippen MR) is 387 cm³/mol. The van der Waals surface area contributed by atoms with Crippen LogP contribution in [0.3, 0.4) is 0 Å². The number of amides is 2. The first-order valence-corrected chi connectivity index (χ1v) is 33.6. The Morgan fingerprint density at radius 2 is 1.07 bits per heavy atom. The second-order valence-electron chi connectivity index (χ2n) is 23.4. The lowest BCUT2D eigenvalue weighted by atomic mass is 10.2. The van der Waals surface area contributed by atoms with E-state index in [1.807, 2.05) is 153 Å². The molecule has 12 rings (SSSR count). The van der Waals surface area contributed by atoms with Crippen LogP contribution in [0, 0.1) is 0 Å². The minimum atomic E-state index is -0.526. The van der Waals surface area contributed by atoms with E-state index in [1.165, 1.54) is 0 Å². The molecule has 27 heteroatoms. The van der Waals surface area contributed by atoms with E-state index in [-0.39, 0.29) is 34.5 Å². The van der Waals surface area contributed by atoms with E-state index in [4.69, 9.17) is 9.47 Å². The summed E-state index contributed by atoms with van der Waals surface area (Å²) in [5.74, 6) is 0.637. The molecule has 0 radical (unpaired) electrons. The summed E-state index contributed by atoms with van der Waals surface area (Å²) in [6, 6.07) is 30.6. The number of ether oxygens (including phenoxy) is 2. The molecule has 4 aromatic carbocycles. The molecule has 0 aliphatic carbocycles. The van der Waals surface area contributed by atoms with Crippen LogP contribution in [-0.2, 0) is 45.1 Å². The molecule has 1 aliphatic heterocycles. The maximum absolute atomic E-state index is 12.2. The lowest BCUT2D eigenvalue weighted by Gasteiger charge is -2.19. The minimum absolute atomic E-state index is 0.0111. The van der Waals surface area contributed by atoms with Crippen LogP contribution in [0.15, 0.2) is 163 Å². The summed E-state index contributed by atoms with van der Waals surface area (Å²) >= 11 is 13.4. The molecule has 0 fully saturated rings. The predicted octanol–water partition coefficient (Wildman–Crippen LogP) is 13.8. The lowest BCUT2D eigenvalue weighted by Crippen LogP contribution is -2.35. The zero-order valence-corrected chi connectivity index (χ0v) is 60.2. The van der Waals surface area contributed by atoms with Crippen LogP contribution in [0.25, 0.3) is 55.5 Å². The van der Waals surface area contributed by atoms with E-state index < -0.39 is 11.7 Å². The van der Waals surface area contributed by atoms with E-state index in [0.717, 1.165) is 112 Å². The highest BCUT2D eigenvalue weighted by Crippen LogP contribution is 2.25. The Balaban J connectivity index is 0.000000165. The molecule has 1 aliphatic rings. The van der Waals surface area contributed by atoms with Gasteiger partial charge in [0.15, 0.2) is 21.7 Å². The molecule has 8 heterocycles. The number of carbonyl (C=O) groups excluding carboxylic acids is 3. The third-order valence-electron chi connectivity index (χ3n) is 13.5. The van der Waals surface area contributed by atoms with Crippen LogP contribution >= 0.6 is 63.7 Å². The molecule has 496 valence electrons. The lowest BCUT2D eigenvalue weighted by molar-refractivity contribution is -0.154. The van der Waals surface area contributed by atoms with E-state index in [2.05, 4.69) is 135 Å². The number of benzene rings is 4. The number of allylic oxidation sites excluding steroid dienone is 2. The Kier molecular flexibility index (Phi) is 25.9. The Morgan fingerprint density at radius 1 is 0.617 bits per heavy atom. The number of H-pyrrole nitrogens is 3. The van der Waals surface area contributed by atoms with Gasteiger partial charge < -0.3 is 40.4 Å². The highest BCUT2D eigenvalue weighted by atomic mass is 79.9. The number of hydrogen-bond acceptors (Lipinski definition) is 13. The molecule has 0 spiro atoms. The van der Waals surface area contributed by atoms with Gasteiger partial charge in [-0.05, 0) is 175 Å². The number of aromatic amines is 3. The zero-order valence-electron chi connectivity index (χ0n) is 53.8. The number of anilines is 2. The van der Waals surface area contributed by atoms with Gasteiger partial charge >= 0.3 is 29.1 Å². The Labute approximate surface area is 576 Å². The van der Waals surface area contributed by atoms with Gasteiger partial charge in [-0.3, -0.25) is 32.1 Å². The van der Waals surface area contributed by atoms with Crippen molar-refractivity contribution in [2.24, 2.45) is 0 Å². The van der Waals surface area contributed by atoms with Crippen LogP contribution in [0.1, 0.15) is 98.5 Å². The second-order valence-corrected chi connectivity index (χ2v) is 26.6. The first kappa shape index (κ1) is 72.8. The molecular formula is C67H77Br4N15O8. The van der Waals surface area contributed by atoms with Crippen LogP contribution in [-0.4, -0.2) is 105 Å². The molecule has 6 N–H and O–H groups in total. The summed E-state index contributed by atoms with van der Waals surface area (Å²) in [6.07, 6.45) is 9.68. The van der Waals surface area contributed by atoms with E-state index in [0.29, 0.717) is 49.4 Å². The fraction of sp³-hybridized carbons (Fsp3) is 0.313. The molecule has 0 atom stereocenters. The number of esters is 1. The van der Waals surface area contributed by atoms with Gasteiger partial charge in [-0.1, -0.05) is 90.6 Å². The molecular weight excluding hydrogens is 1460 g/mol. The third-order valence-corrected chi connectivity index (χ3v) is 15.3. The number of alkyl halides is 1. The first-order valence-electron chi connectivity index (χ1n) is 30.1. The van der Waals surface area contributed by atoms with Crippen LogP contribution in [0.4, 0.5) is 16.3 Å². The number of carbonyl (C=O) groups is 3. The van der Waals surface area contributed by atoms with Crippen molar-refractivity contribution in [3.8, 4) is 0 Å². The molecule has 94 heavy (non-hydrogen) atoms. The monoisotopic (exact) mass is 1540 g/mol. The number of imidazole rings is 5. The molecule has 11 aromatic rings. The summed E-state index contributed by atoms with van der Waals surface area (Å²) < 4.78 is 21.4. The van der Waals surface area contributed by atoms with Crippen molar-refractivity contribution >= 4 is 149 Å². The standard InChI is InChI=1S/C18H17BrN6O.C14H19N3O3.C10H12N2O.C9H7Br2N3.C8H15BrO2.C8H7NO/c1-11(2)14-9-21-17-16(23-15(19)10-25(14)17)20-7-8-24-13-6-4-3-5-12(13)22-18(24)26;1-14(2,3)20-13(19)15-8-9-17-11-7-5-4-6-10(11)16-12(17)18;1-2-7-12-9-6-4-3-5-8(9)11-10(12)13;1-5(2)6-3-12-9-8(11)13-7(10)4-14(6)9;1-8(2,3)11-7(10)5-4-6-9;10-8-5-6-3-1-2-4-7(6)9-8/h3-6,9-10H,1,7-8H2,2H3,(H,20,23)(H,22,26);4-7H,8-9H2,1-3H3,(H,15,19)(H,16,18);3-6H,2,7H2,1H3,(H,11,13);3-4H,1H2,2H3;4-6H2,1-3H3;1-4H,5H2,(H,9,10). The fourth-order valence-corrected chi connectivity index (χ4v) is 11.2. The zero-order chi connectivity index (χ0) is 68.4. The highest BCUT2D eigenvalue weighted by Gasteiger charge is 2.19. The van der Waals surface area contributed by atoms with Crippen molar-refractivity contribution in [1.82, 2.24) is 62.7 Å². The van der Waals surface area contributed by atoms with Crippen molar-refractivity contribution in [1.29, 1.82) is 0 Å². The number of alkyl carbamates (subject to hydrolysis) is 1. The summed E-state index contributed by atoms with van der Waals surface area (Å²) in [5.41, 5.74) is 11.5. The number of para-hydroxylation sites is 7. The van der Waals surface area contributed by atoms with Crippen molar-refractivity contribution in [3.05, 3.63) is 197 Å². The maximum Gasteiger partial charge on any atom is 0.407 e. The van der Waals surface area contributed by atoms with Gasteiger partial charge in [0.25, 0.3) is 0 Å². The van der Waals surface area contributed by atoms with Crippen molar-refractivity contribution < 1.29 is 23.9 Å². The molecule has 0 unspecified atom stereocenters. The van der Waals surface area contributed by atoms with Crippen molar-refractivity contribution in [2.75, 3.05) is 29.1 Å². The van der Waals surface area contributed by atoms with Gasteiger partial charge in [-0.2, -0.15) is 0 Å². The number of aryl methyl sites for hydroxylation is 1. The quantitative estimate of drug-likeness (QED) is 0.0437. The van der Waals surface area contributed by atoms with Gasteiger partial charge in [-0.15, -0.1) is 0 Å². The Morgan fingerprint density at radius 3 is 1.56 bits per heavy atom. The molecule has 0 saturated heterocycles.